The maximum absolute atomic E-state index is 6.16. The minimum atomic E-state index is 0.121. The monoisotopic (exact) mass is 398 g/mol. The predicted molar refractivity (Wildman–Crippen MR) is 117 cm³/mol. The van der Waals surface area contributed by atoms with E-state index >= 15 is 0 Å². The van der Waals surface area contributed by atoms with Crippen LogP contribution >= 0.6 is 0 Å². The molecule has 1 unspecified atom stereocenters. The molecule has 5 heteroatoms. The number of methoxy groups -OCH3 is 1. The summed E-state index contributed by atoms with van der Waals surface area (Å²) in [4.78, 5) is 2.36. The molecule has 5 nitrogen and oxygen atoms in total. The van der Waals surface area contributed by atoms with Gasteiger partial charge in [0.05, 0.1) is 19.8 Å². The third kappa shape index (κ3) is 5.22. The highest BCUT2D eigenvalue weighted by atomic mass is 16.5. The van der Waals surface area contributed by atoms with Gasteiger partial charge in [0.15, 0.2) is 11.5 Å². The highest BCUT2D eigenvalue weighted by Crippen LogP contribution is 2.38. The van der Waals surface area contributed by atoms with Crippen molar-refractivity contribution in [2.75, 3.05) is 46.5 Å². The zero-order chi connectivity index (χ0) is 20.6. The van der Waals surface area contributed by atoms with Crippen molar-refractivity contribution >= 4 is 0 Å². The highest BCUT2D eigenvalue weighted by molar-refractivity contribution is 5.52. The van der Waals surface area contributed by atoms with E-state index in [2.05, 4.69) is 54.4 Å². The van der Waals surface area contributed by atoms with Crippen LogP contribution in [-0.2, 0) is 6.42 Å². The first kappa shape index (κ1) is 21.5. The summed E-state index contributed by atoms with van der Waals surface area (Å²) < 4.78 is 17.5. The van der Waals surface area contributed by atoms with Crippen LogP contribution in [0.2, 0.25) is 0 Å². The Bertz CT molecular complexity index is 790. The number of benzene rings is 2. The Balaban J connectivity index is 1.86. The molecule has 0 aliphatic carbocycles. The van der Waals surface area contributed by atoms with Crippen molar-refractivity contribution in [1.82, 2.24) is 10.2 Å². The number of fused-ring (bicyclic) bond motifs is 1. The van der Waals surface area contributed by atoms with E-state index in [4.69, 9.17) is 14.2 Å². The molecule has 0 radical (unpaired) electrons. The van der Waals surface area contributed by atoms with E-state index in [1.54, 1.807) is 7.11 Å². The van der Waals surface area contributed by atoms with Gasteiger partial charge >= 0.3 is 0 Å². The lowest BCUT2D eigenvalue weighted by atomic mass is 9.89. The molecule has 1 atom stereocenters. The van der Waals surface area contributed by atoms with E-state index in [0.29, 0.717) is 13.2 Å². The molecule has 0 fully saturated rings. The molecule has 158 valence electrons. The van der Waals surface area contributed by atoms with Gasteiger partial charge in [-0.15, -0.1) is 0 Å². The molecule has 3 rings (SSSR count). The van der Waals surface area contributed by atoms with Gasteiger partial charge in [-0.3, -0.25) is 0 Å². The second-order valence-electron chi connectivity index (χ2n) is 7.22. The zero-order valence-corrected chi connectivity index (χ0v) is 18.2. The largest absolute Gasteiger partial charge is 0.494 e. The molecule has 0 amide bonds. The van der Waals surface area contributed by atoms with Crippen LogP contribution in [0.4, 0.5) is 0 Å². The van der Waals surface area contributed by atoms with Gasteiger partial charge in [-0.1, -0.05) is 26.0 Å². The van der Waals surface area contributed by atoms with Crippen LogP contribution in [0.25, 0.3) is 0 Å². The SMILES string of the molecule is CCOc1cccc(C2NCCc3cc(OC)c(OCCN(CC)CC)cc32)c1. The number of nitrogens with zero attached hydrogens (tertiary/aromatic N) is 1. The second kappa shape index (κ2) is 10.5. The third-order valence-corrected chi connectivity index (χ3v) is 5.54. The lowest BCUT2D eigenvalue weighted by Gasteiger charge is -2.29. The summed E-state index contributed by atoms with van der Waals surface area (Å²) in [6.07, 6.45) is 0.979. The van der Waals surface area contributed by atoms with E-state index < -0.39 is 0 Å². The summed E-state index contributed by atoms with van der Waals surface area (Å²) in [5, 5.41) is 3.66. The smallest absolute Gasteiger partial charge is 0.161 e. The van der Waals surface area contributed by atoms with Crippen molar-refractivity contribution in [3.63, 3.8) is 0 Å². The summed E-state index contributed by atoms with van der Waals surface area (Å²) in [5.41, 5.74) is 3.77. The summed E-state index contributed by atoms with van der Waals surface area (Å²) in [6, 6.07) is 12.8. The maximum Gasteiger partial charge on any atom is 0.161 e. The molecule has 1 N–H and O–H groups in total. The minimum absolute atomic E-state index is 0.121. The fourth-order valence-electron chi connectivity index (χ4n) is 3.91. The standard InChI is InChI=1S/C24H34N2O3/c1-5-26(6-2)13-14-29-23-17-21-18(16-22(23)27-4)11-12-25-24(21)19-9-8-10-20(15-19)28-7-3/h8-10,15-17,24-25H,5-7,11-14H2,1-4H3. The average molecular weight is 399 g/mol. The normalized spacial score (nSPS) is 15.8. The predicted octanol–water partition coefficient (Wildman–Crippen LogP) is 4.05. The molecule has 1 aliphatic rings. The molecular weight excluding hydrogens is 364 g/mol. The fourth-order valence-corrected chi connectivity index (χ4v) is 3.91. The molecule has 2 aromatic rings. The van der Waals surface area contributed by atoms with Crippen LogP contribution in [0.15, 0.2) is 36.4 Å². The van der Waals surface area contributed by atoms with E-state index in [9.17, 15) is 0 Å². The minimum Gasteiger partial charge on any atom is -0.494 e. The molecule has 0 aromatic heterocycles. The zero-order valence-electron chi connectivity index (χ0n) is 18.2. The van der Waals surface area contributed by atoms with Gasteiger partial charge in [-0.2, -0.15) is 0 Å². The molecule has 0 saturated carbocycles. The quantitative estimate of drug-likeness (QED) is 0.654. The Morgan fingerprint density at radius 1 is 1.03 bits per heavy atom. The van der Waals surface area contributed by atoms with Gasteiger partial charge in [-0.05, 0) is 67.4 Å². The number of hydrogen-bond acceptors (Lipinski definition) is 5. The number of ether oxygens (including phenoxy) is 3. The summed E-state index contributed by atoms with van der Waals surface area (Å²) >= 11 is 0. The average Bonchev–Trinajstić information content (AvgIpc) is 2.76. The second-order valence-corrected chi connectivity index (χ2v) is 7.22. The van der Waals surface area contributed by atoms with Gasteiger partial charge < -0.3 is 24.4 Å². The Hall–Kier alpha value is -2.24. The Labute approximate surface area is 175 Å². The lowest BCUT2D eigenvalue weighted by molar-refractivity contribution is 0.217. The fraction of sp³-hybridized carbons (Fsp3) is 0.500. The number of hydrogen-bond donors (Lipinski definition) is 1. The van der Waals surface area contributed by atoms with Crippen LogP contribution in [-0.4, -0.2) is 51.4 Å². The van der Waals surface area contributed by atoms with E-state index in [-0.39, 0.29) is 6.04 Å². The summed E-state index contributed by atoms with van der Waals surface area (Å²) in [6.45, 7) is 11.6. The first-order valence-corrected chi connectivity index (χ1v) is 10.7. The molecule has 0 saturated heterocycles. The van der Waals surface area contributed by atoms with Gasteiger partial charge in [-0.25, -0.2) is 0 Å². The van der Waals surface area contributed by atoms with E-state index in [1.807, 2.05) is 13.0 Å². The number of rotatable bonds is 10. The maximum atomic E-state index is 6.16. The molecule has 29 heavy (non-hydrogen) atoms. The molecule has 1 aliphatic heterocycles. The molecular formula is C24H34N2O3. The summed E-state index contributed by atoms with van der Waals surface area (Å²) in [7, 11) is 1.71. The first-order valence-electron chi connectivity index (χ1n) is 10.7. The number of likely N-dealkylation sites (N-methyl/N-ethyl adjacent to an activating group) is 1. The Kier molecular flexibility index (Phi) is 7.78. The van der Waals surface area contributed by atoms with E-state index in [0.717, 1.165) is 49.8 Å². The topological polar surface area (TPSA) is 43.0 Å². The van der Waals surface area contributed by atoms with Gasteiger partial charge in [0.1, 0.15) is 12.4 Å². The Morgan fingerprint density at radius 2 is 1.86 bits per heavy atom. The number of nitrogens with one attached hydrogen (secondary N) is 1. The van der Waals surface area contributed by atoms with Crippen molar-refractivity contribution < 1.29 is 14.2 Å². The van der Waals surface area contributed by atoms with Gasteiger partial charge in [0.2, 0.25) is 0 Å². The van der Waals surface area contributed by atoms with E-state index in [1.165, 1.54) is 16.7 Å². The molecule has 2 aromatic carbocycles. The van der Waals surface area contributed by atoms with Crippen molar-refractivity contribution in [3.8, 4) is 17.2 Å². The van der Waals surface area contributed by atoms with Crippen LogP contribution in [0.3, 0.4) is 0 Å². The van der Waals surface area contributed by atoms with Crippen LogP contribution in [0, 0.1) is 0 Å². The lowest BCUT2D eigenvalue weighted by Crippen LogP contribution is -2.31. The summed E-state index contributed by atoms with van der Waals surface area (Å²) in [5.74, 6) is 2.53. The van der Waals surface area contributed by atoms with Gasteiger partial charge in [0, 0.05) is 13.1 Å². The van der Waals surface area contributed by atoms with Crippen LogP contribution in [0.1, 0.15) is 43.5 Å². The molecule has 0 bridgehead atoms. The first-order chi connectivity index (χ1) is 14.2. The van der Waals surface area contributed by atoms with Gasteiger partial charge in [0.25, 0.3) is 0 Å². The third-order valence-electron chi connectivity index (χ3n) is 5.54. The molecule has 0 spiro atoms. The Morgan fingerprint density at radius 3 is 2.59 bits per heavy atom. The van der Waals surface area contributed by atoms with Crippen LogP contribution in [0.5, 0.6) is 17.2 Å². The van der Waals surface area contributed by atoms with Crippen molar-refractivity contribution in [2.24, 2.45) is 0 Å². The van der Waals surface area contributed by atoms with Crippen molar-refractivity contribution in [2.45, 2.75) is 33.2 Å². The van der Waals surface area contributed by atoms with Crippen LogP contribution < -0.4 is 19.5 Å². The molecule has 1 heterocycles. The van der Waals surface area contributed by atoms with Crippen molar-refractivity contribution in [1.29, 1.82) is 0 Å². The van der Waals surface area contributed by atoms with Crippen molar-refractivity contribution in [3.05, 3.63) is 53.1 Å². The highest BCUT2D eigenvalue weighted by Gasteiger charge is 2.24.